The highest BCUT2D eigenvalue weighted by Crippen LogP contribution is 2.36. The number of hydrogen-bond donors (Lipinski definition) is 1. The minimum atomic E-state index is -0.0868. The molecule has 0 saturated carbocycles. The highest BCUT2D eigenvalue weighted by Gasteiger charge is 2.36. The van der Waals surface area contributed by atoms with Gasteiger partial charge in [0.15, 0.2) is 11.6 Å². The summed E-state index contributed by atoms with van der Waals surface area (Å²) in [5.41, 5.74) is 7.16. The lowest BCUT2D eigenvalue weighted by Crippen LogP contribution is -2.31. The van der Waals surface area contributed by atoms with Crippen LogP contribution in [-0.2, 0) is 71.0 Å². The van der Waals surface area contributed by atoms with Crippen molar-refractivity contribution < 1.29 is 4.79 Å². The summed E-state index contributed by atoms with van der Waals surface area (Å²) >= 11 is 0. The first kappa shape index (κ1) is 88.5. The Balaban J connectivity index is 0.000000396. The molecule has 8 rings (SSSR count). The first-order valence-electron chi connectivity index (χ1n) is 35.7. The second kappa shape index (κ2) is 31.8. The molecule has 0 spiro atoms. The predicted molar refractivity (Wildman–Crippen MR) is 409 cm³/mol. The molecule has 7 aromatic rings. The van der Waals surface area contributed by atoms with Gasteiger partial charge in [0.25, 0.3) is 5.91 Å². The fourth-order valence-corrected chi connectivity index (χ4v) is 9.38. The number of nitrogens with zero attached hydrogens (tertiary/aromatic N) is 19. The van der Waals surface area contributed by atoms with E-state index in [0.717, 1.165) is 59.6 Å². The van der Waals surface area contributed by atoms with Crippen molar-refractivity contribution in [3.05, 3.63) is 101 Å². The summed E-state index contributed by atoms with van der Waals surface area (Å²) in [6.45, 7) is 91.8. The topological polar surface area (TPSA) is 228 Å². The van der Waals surface area contributed by atoms with E-state index in [4.69, 9.17) is 0 Å². The molecule has 1 amide bonds. The number of likely N-dealkylation sites (tertiary alicyclic amines) is 1. The molecule has 1 aromatic carbocycles. The highest BCUT2D eigenvalue weighted by atomic mass is 16.2. The van der Waals surface area contributed by atoms with Gasteiger partial charge in [0, 0.05) is 62.8 Å². The molecule has 1 fully saturated rings. The van der Waals surface area contributed by atoms with Crippen molar-refractivity contribution in [2.45, 2.75) is 368 Å². The zero-order valence-corrected chi connectivity index (χ0v) is 70.7. The Bertz CT molecular complexity index is 3090. The van der Waals surface area contributed by atoms with Crippen molar-refractivity contribution in [3.63, 3.8) is 0 Å². The largest absolute Gasteiger partial charge is 0.338 e. The molecule has 1 aliphatic rings. The summed E-state index contributed by atoms with van der Waals surface area (Å²) in [5, 5.41) is 48.7. The van der Waals surface area contributed by atoms with E-state index in [0.29, 0.717) is 5.92 Å². The average molecular weight is 1380 g/mol. The minimum Gasteiger partial charge on any atom is -0.338 e. The number of hydrogen-bond acceptors (Lipinski definition) is 14. The molecule has 21 heteroatoms. The molecule has 1 aliphatic heterocycles. The van der Waals surface area contributed by atoms with E-state index in [2.05, 4.69) is 375 Å². The van der Waals surface area contributed by atoms with E-state index < -0.39 is 0 Å². The second-order valence-corrected chi connectivity index (χ2v) is 41.0. The van der Waals surface area contributed by atoms with Crippen LogP contribution in [0.25, 0.3) is 0 Å². The van der Waals surface area contributed by atoms with Crippen molar-refractivity contribution in [3.8, 4) is 0 Å². The van der Waals surface area contributed by atoms with Gasteiger partial charge in [-0.15, -0.1) is 20.4 Å². The fraction of sp³-hybridized carbons (Fsp3) is 0.769. The monoisotopic (exact) mass is 1380 g/mol. The molecule has 1 saturated heterocycles. The summed E-state index contributed by atoms with van der Waals surface area (Å²) in [7, 11) is 0. The number of nitrogens with one attached hydrogen (secondary N) is 1. The van der Waals surface area contributed by atoms with Crippen molar-refractivity contribution in [1.82, 2.24) is 100 Å². The van der Waals surface area contributed by atoms with Gasteiger partial charge in [-0.2, -0.15) is 30.4 Å². The van der Waals surface area contributed by atoms with Crippen LogP contribution in [0.5, 0.6) is 0 Å². The van der Waals surface area contributed by atoms with Crippen LogP contribution in [0.1, 0.15) is 353 Å². The Morgan fingerprint density at radius 3 is 1.29 bits per heavy atom. The number of carbonyl (C=O) groups excluding carboxylic acids is 1. The average Bonchev–Trinajstić information content (AvgIpc) is 1.70. The Labute approximate surface area is 601 Å². The van der Waals surface area contributed by atoms with Gasteiger partial charge in [-0.3, -0.25) is 4.79 Å². The van der Waals surface area contributed by atoms with Crippen LogP contribution in [-0.4, -0.2) is 119 Å². The van der Waals surface area contributed by atoms with Gasteiger partial charge in [-0.05, 0) is 150 Å². The maximum absolute atomic E-state index is 12.7. The van der Waals surface area contributed by atoms with Crippen LogP contribution >= 0.6 is 0 Å². The SMILES string of the molecule is CC(C)(C)c1cccc(C(=O)N2CCC(C(C)(C)C)C2)c1.CC(C)(C)c1cn(C(C)(C)C)nn1.CC(C)(C)c1cnnn1C(C)(C)C.CC(C)(C)c1n[nH]nc1C(C)(C)C.CC(C)(C)c1ncn(C(C)(C)C)n1.CC(C)(C)c1ncnn1C(C)(C)C.CC(C)(C)c1nnn(C(C)(C)C)n1. The first-order chi connectivity index (χ1) is 43.9. The predicted octanol–water partition coefficient (Wildman–Crippen LogP) is 17.9. The number of carbonyl (C=O) groups is 1. The van der Waals surface area contributed by atoms with Gasteiger partial charge < -0.3 is 4.90 Å². The standard InChI is InChI=1S/C19H29NO.5C10H19N3.C9H18N4/c1-18(2,3)15-9-7-8-14(12-15)17(21)20-11-10-16(13-20)19(4,5)6;1-9(2,3)8-11-7-13(12-8)10(4,5)6;1-9(2,3)8-11-7-12-13(8)10(4,5)6;1-9(2,3)8-7-13(12-11-8)10(4,5)6;1-9(2,3)8-7-11-12-13(8)10(4,5)6;1-9(2,3)7-8(10(4,5)6)12-13-11-7;1-8(2,3)7-10-12-13(11-7)9(4,5)6/h7-9,12,16H,10-11,13H2,1-6H3;4*7H,1-6H3;1-6H3,(H,11,12,13);1-6H3. The van der Waals surface area contributed by atoms with Gasteiger partial charge >= 0.3 is 0 Å². The zero-order chi connectivity index (χ0) is 77.5. The molecule has 0 radical (unpaired) electrons. The highest BCUT2D eigenvalue weighted by molar-refractivity contribution is 5.94. The summed E-state index contributed by atoms with van der Waals surface area (Å²) in [5.74, 6) is 3.53. The molecular formula is C78H142N20O. The van der Waals surface area contributed by atoms with Crippen LogP contribution in [0.4, 0.5) is 0 Å². The summed E-state index contributed by atoms with van der Waals surface area (Å²) < 4.78 is 7.81. The number of rotatable bonds is 1. The maximum atomic E-state index is 12.7. The van der Waals surface area contributed by atoms with Gasteiger partial charge in [0.1, 0.15) is 18.5 Å². The third-order valence-corrected chi connectivity index (χ3v) is 15.9. The molecule has 0 aliphatic carbocycles. The number of aromatic amines is 1. The van der Waals surface area contributed by atoms with E-state index in [1.54, 1.807) is 17.5 Å². The summed E-state index contributed by atoms with van der Waals surface area (Å²) in [4.78, 5) is 25.0. The smallest absolute Gasteiger partial charge is 0.253 e. The lowest BCUT2D eigenvalue weighted by molar-refractivity contribution is 0.0776. The van der Waals surface area contributed by atoms with E-state index in [9.17, 15) is 4.79 Å². The Hall–Kier alpha value is -6.54. The van der Waals surface area contributed by atoms with Crippen molar-refractivity contribution >= 4 is 5.91 Å². The third kappa shape index (κ3) is 28.1. The van der Waals surface area contributed by atoms with Gasteiger partial charge in [0.05, 0.1) is 56.7 Å². The second-order valence-electron chi connectivity index (χ2n) is 41.0. The number of amides is 1. The van der Waals surface area contributed by atoms with Gasteiger partial charge in [0.2, 0.25) is 0 Å². The maximum Gasteiger partial charge on any atom is 0.253 e. The van der Waals surface area contributed by atoms with E-state index >= 15 is 0 Å². The molecule has 21 nitrogen and oxygen atoms in total. The Kier molecular flexibility index (Phi) is 28.4. The van der Waals surface area contributed by atoms with Gasteiger partial charge in [-0.25, -0.2) is 28.7 Å². The molecule has 7 heterocycles. The normalized spacial score (nSPS) is 14.8. The minimum absolute atomic E-state index is 0.0130. The van der Waals surface area contributed by atoms with Crippen LogP contribution in [0, 0.1) is 11.3 Å². The lowest BCUT2D eigenvalue weighted by atomic mass is 9.80. The molecule has 6 aromatic heterocycles. The van der Waals surface area contributed by atoms with Crippen molar-refractivity contribution in [2.75, 3.05) is 13.1 Å². The summed E-state index contributed by atoms with van der Waals surface area (Å²) in [6, 6.07) is 8.12. The van der Waals surface area contributed by atoms with Crippen LogP contribution < -0.4 is 0 Å². The molecule has 1 N–H and O–H groups in total. The van der Waals surface area contributed by atoms with Crippen LogP contribution in [0.15, 0.2) is 49.3 Å². The summed E-state index contributed by atoms with van der Waals surface area (Å²) in [6.07, 6.45) is 8.44. The molecule has 0 bridgehead atoms. The molecule has 1 unspecified atom stereocenters. The zero-order valence-electron chi connectivity index (χ0n) is 70.7. The van der Waals surface area contributed by atoms with Crippen LogP contribution in [0.3, 0.4) is 0 Å². The number of aromatic nitrogens is 19. The number of H-pyrrole nitrogens is 1. The van der Waals surface area contributed by atoms with E-state index in [1.165, 1.54) is 11.3 Å². The van der Waals surface area contributed by atoms with Gasteiger partial charge in [-0.1, -0.05) is 210 Å². The lowest BCUT2D eigenvalue weighted by Gasteiger charge is -2.27. The van der Waals surface area contributed by atoms with E-state index in [1.807, 2.05) is 48.2 Å². The molecular weight excluding hydrogens is 1230 g/mol. The molecule has 560 valence electrons. The Morgan fingerprint density at radius 2 is 0.980 bits per heavy atom. The number of benzene rings is 1. The Morgan fingerprint density at radius 1 is 0.475 bits per heavy atom. The first-order valence-corrected chi connectivity index (χ1v) is 35.7. The van der Waals surface area contributed by atoms with E-state index in [-0.39, 0.29) is 82.3 Å². The van der Waals surface area contributed by atoms with Crippen LogP contribution in [0.2, 0.25) is 0 Å². The van der Waals surface area contributed by atoms with Crippen molar-refractivity contribution in [2.24, 2.45) is 11.3 Å². The molecule has 1 atom stereocenters. The third-order valence-electron chi connectivity index (χ3n) is 15.9. The quantitative estimate of drug-likeness (QED) is 0.161. The molecule has 99 heavy (non-hydrogen) atoms. The number of tetrazole rings is 1. The fourth-order valence-electron chi connectivity index (χ4n) is 9.38. The van der Waals surface area contributed by atoms with Crippen molar-refractivity contribution in [1.29, 1.82) is 0 Å².